The van der Waals surface area contributed by atoms with E-state index in [4.69, 9.17) is 0 Å². The van der Waals surface area contributed by atoms with Crippen molar-refractivity contribution >= 4 is 0 Å². The van der Waals surface area contributed by atoms with Crippen LogP contribution in [0.3, 0.4) is 0 Å². The predicted molar refractivity (Wildman–Crippen MR) is 53.6 cm³/mol. The molecular weight excluding hydrogens is 214 g/mol. The molecule has 0 amide bonds. The molecule has 4 nitrogen and oxygen atoms in total. The maximum Gasteiger partial charge on any atom is 0.204 e. The van der Waals surface area contributed by atoms with Crippen LogP contribution in [0.2, 0.25) is 0 Å². The van der Waals surface area contributed by atoms with Gasteiger partial charge in [-0.25, -0.2) is 8.78 Å². The van der Waals surface area contributed by atoms with Crippen molar-refractivity contribution in [3.8, 4) is 11.4 Å². The molecule has 1 aromatic carbocycles. The van der Waals surface area contributed by atoms with Crippen molar-refractivity contribution < 1.29 is 8.78 Å². The Labute approximate surface area is 90.7 Å². The zero-order chi connectivity index (χ0) is 11.7. The Morgan fingerprint density at radius 2 is 1.81 bits per heavy atom. The molecule has 84 valence electrons. The van der Waals surface area contributed by atoms with Crippen LogP contribution in [0.5, 0.6) is 0 Å². The van der Waals surface area contributed by atoms with Crippen molar-refractivity contribution in [2.75, 3.05) is 0 Å². The van der Waals surface area contributed by atoms with Gasteiger partial charge in [0.15, 0.2) is 0 Å². The van der Waals surface area contributed by atoms with E-state index in [2.05, 4.69) is 20.6 Å². The molecule has 0 unspecified atom stereocenters. The summed E-state index contributed by atoms with van der Waals surface area (Å²) in [4.78, 5) is 0. The molecule has 1 N–H and O–H groups in total. The van der Waals surface area contributed by atoms with E-state index in [-0.39, 0.29) is 22.9 Å². The lowest BCUT2D eigenvalue weighted by molar-refractivity contribution is 0.542. The first-order valence-corrected chi connectivity index (χ1v) is 4.82. The zero-order valence-electron chi connectivity index (χ0n) is 8.83. The van der Waals surface area contributed by atoms with Gasteiger partial charge >= 0.3 is 0 Å². The molecule has 0 radical (unpaired) electrons. The molecule has 0 spiro atoms. The van der Waals surface area contributed by atoms with E-state index in [1.165, 1.54) is 12.1 Å². The highest BCUT2D eigenvalue weighted by Gasteiger charge is 2.16. The second kappa shape index (κ2) is 3.96. The van der Waals surface area contributed by atoms with Crippen molar-refractivity contribution in [3.05, 3.63) is 29.3 Å². The highest BCUT2D eigenvalue weighted by Crippen LogP contribution is 2.26. The average molecular weight is 224 g/mol. The van der Waals surface area contributed by atoms with Gasteiger partial charge in [0.1, 0.15) is 11.6 Å². The van der Waals surface area contributed by atoms with E-state index in [0.29, 0.717) is 0 Å². The molecule has 0 atom stereocenters. The van der Waals surface area contributed by atoms with Gasteiger partial charge < -0.3 is 0 Å². The standard InChI is InChI=1S/C10H10F2N4/c1-5(2)9-7(11)3-6(4-8(9)12)10-13-15-16-14-10/h3-5H,1-2H3,(H,13,14,15,16). The number of hydrogen-bond donors (Lipinski definition) is 1. The van der Waals surface area contributed by atoms with Crippen LogP contribution in [0.1, 0.15) is 25.3 Å². The van der Waals surface area contributed by atoms with Gasteiger partial charge in [-0.3, -0.25) is 0 Å². The molecule has 16 heavy (non-hydrogen) atoms. The highest BCUT2D eigenvalue weighted by molar-refractivity contribution is 5.55. The summed E-state index contributed by atoms with van der Waals surface area (Å²) in [6.45, 7) is 3.46. The summed E-state index contributed by atoms with van der Waals surface area (Å²) < 4.78 is 27.3. The largest absolute Gasteiger partial charge is 0.207 e. The number of tetrazole rings is 1. The third kappa shape index (κ3) is 1.78. The first-order valence-electron chi connectivity index (χ1n) is 4.82. The zero-order valence-corrected chi connectivity index (χ0v) is 8.83. The van der Waals surface area contributed by atoms with E-state index in [9.17, 15) is 8.78 Å². The summed E-state index contributed by atoms with van der Waals surface area (Å²) in [5.41, 5.74) is 0.348. The van der Waals surface area contributed by atoms with Crippen molar-refractivity contribution in [2.24, 2.45) is 0 Å². The van der Waals surface area contributed by atoms with Crippen molar-refractivity contribution in [3.63, 3.8) is 0 Å². The summed E-state index contributed by atoms with van der Waals surface area (Å²) in [6, 6.07) is 2.42. The summed E-state index contributed by atoms with van der Waals surface area (Å²) in [6.07, 6.45) is 0. The molecule has 0 aliphatic carbocycles. The number of benzene rings is 1. The van der Waals surface area contributed by atoms with Gasteiger partial charge in [0.05, 0.1) is 0 Å². The van der Waals surface area contributed by atoms with Crippen LogP contribution >= 0.6 is 0 Å². The number of hydrogen-bond acceptors (Lipinski definition) is 3. The lowest BCUT2D eigenvalue weighted by atomic mass is 10.00. The number of halogens is 2. The number of H-pyrrole nitrogens is 1. The minimum Gasteiger partial charge on any atom is -0.207 e. The molecule has 1 heterocycles. The molecule has 0 aliphatic rings. The van der Waals surface area contributed by atoms with Crippen molar-refractivity contribution in [2.45, 2.75) is 19.8 Å². The smallest absolute Gasteiger partial charge is 0.204 e. The fraction of sp³-hybridized carbons (Fsp3) is 0.300. The molecule has 0 bridgehead atoms. The Balaban J connectivity index is 2.53. The number of nitrogens with zero attached hydrogens (tertiary/aromatic N) is 3. The molecule has 0 saturated heterocycles. The van der Waals surface area contributed by atoms with Gasteiger partial charge in [-0.05, 0) is 23.3 Å². The fourth-order valence-electron chi connectivity index (χ4n) is 1.55. The van der Waals surface area contributed by atoms with E-state index in [0.717, 1.165) is 0 Å². The summed E-state index contributed by atoms with van der Waals surface area (Å²) in [5.74, 6) is -1.21. The average Bonchev–Trinajstić information content (AvgIpc) is 2.67. The van der Waals surface area contributed by atoms with Crippen LogP contribution in [-0.2, 0) is 0 Å². The van der Waals surface area contributed by atoms with Crippen LogP contribution in [0.4, 0.5) is 8.78 Å². The summed E-state index contributed by atoms with van der Waals surface area (Å²) in [7, 11) is 0. The van der Waals surface area contributed by atoms with Gasteiger partial charge in [0, 0.05) is 11.1 Å². The van der Waals surface area contributed by atoms with E-state index < -0.39 is 11.6 Å². The monoisotopic (exact) mass is 224 g/mol. The maximum atomic E-state index is 13.6. The maximum absolute atomic E-state index is 13.6. The van der Waals surface area contributed by atoms with Gasteiger partial charge in [-0.1, -0.05) is 13.8 Å². The lowest BCUT2D eigenvalue weighted by Crippen LogP contribution is -1.99. The normalized spacial score (nSPS) is 11.1. The van der Waals surface area contributed by atoms with Crippen LogP contribution in [0.15, 0.2) is 12.1 Å². The quantitative estimate of drug-likeness (QED) is 0.851. The van der Waals surface area contributed by atoms with Gasteiger partial charge in [0.25, 0.3) is 0 Å². The van der Waals surface area contributed by atoms with E-state index in [1.54, 1.807) is 13.8 Å². The van der Waals surface area contributed by atoms with Gasteiger partial charge in [-0.15, -0.1) is 10.2 Å². The Morgan fingerprint density at radius 1 is 1.19 bits per heavy atom. The summed E-state index contributed by atoms with van der Waals surface area (Å²) in [5, 5.41) is 12.9. The number of aromatic nitrogens is 4. The first kappa shape index (κ1) is 10.7. The highest BCUT2D eigenvalue weighted by atomic mass is 19.1. The first-order chi connectivity index (χ1) is 7.59. The van der Waals surface area contributed by atoms with Crippen molar-refractivity contribution in [1.29, 1.82) is 0 Å². The van der Waals surface area contributed by atoms with E-state index in [1.807, 2.05) is 0 Å². The van der Waals surface area contributed by atoms with Crippen LogP contribution < -0.4 is 0 Å². The minimum absolute atomic E-state index is 0.0762. The second-order valence-electron chi connectivity index (χ2n) is 3.74. The third-order valence-electron chi connectivity index (χ3n) is 2.26. The molecule has 0 fully saturated rings. The molecular formula is C10H10F2N4. The van der Waals surface area contributed by atoms with E-state index >= 15 is 0 Å². The summed E-state index contributed by atoms with van der Waals surface area (Å²) >= 11 is 0. The fourth-order valence-corrected chi connectivity index (χ4v) is 1.55. The number of aromatic amines is 1. The van der Waals surface area contributed by atoms with Gasteiger partial charge in [-0.2, -0.15) is 5.21 Å². The third-order valence-corrected chi connectivity index (χ3v) is 2.26. The Hall–Kier alpha value is -1.85. The predicted octanol–water partition coefficient (Wildman–Crippen LogP) is 2.27. The van der Waals surface area contributed by atoms with Gasteiger partial charge in [0.2, 0.25) is 5.82 Å². The van der Waals surface area contributed by atoms with Crippen LogP contribution in [-0.4, -0.2) is 20.6 Å². The Morgan fingerprint density at radius 3 is 2.25 bits per heavy atom. The second-order valence-corrected chi connectivity index (χ2v) is 3.74. The SMILES string of the molecule is CC(C)c1c(F)cc(-c2nn[nH]n2)cc1F. The minimum atomic E-state index is -0.588. The number of rotatable bonds is 2. The molecule has 2 aromatic rings. The lowest BCUT2D eigenvalue weighted by Gasteiger charge is -2.09. The number of nitrogens with one attached hydrogen (secondary N) is 1. The molecule has 1 aromatic heterocycles. The molecule has 2 rings (SSSR count). The Bertz CT molecular complexity index is 471. The Kier molecular flexibility index (Phi) is 2.64. The van der Waals surface area contributed by atoms with Crippen molar-refractivity contribution in [1.82, 2.24) is 20.6 Å². The molecule has 0 aliphatic heterocycles. The topological polar surface area (TPSA) is 54.5 Å². The molecule has 0 saturated carbocycles. The van der Waals surface area contributed by atoms with Crippen LogP contribution in [0, 0.1) is 11.6 Å². The molecule has 6 heteroatoms. The van der Waals surface area contributed by atoms with Crippen LogP contribution in [0.25, 0.3) is 11.4 Å².